The number of rotatable bonds is 4. The van der Waals surface area contributed by atoms with Gasteiger partial charge in [0.1, 0.15) is 5.15 Å². The third-order valence-corrected chi connectivity index (χ3v) is 4.92. The molecule has 2 heterocycles. The average molecular weight is 381 g/mol. The monoisotopic (exact) mass is 380 g/mol. The molecule has 1 aromatic carbocycles. The van der Waals surface area contributed by atoms with Gasteiger partial charge < -0.3 is 10.4 Å². The maximum absolute atomic E-state index is 11.2. The van der Waals surface area contributed by atoms with Crippen LogP contribution in [0.25, 0.3) is 11.3 Å². The lowest BCUT2D eigenvalue weighted by atomic mass is 9.87. The molecule has 7 heteroatoms. The first kappa shape index (κ1) is 17.4. The standard InChI is InChI=1S/C20H17ClN4O2/c21-18-6-4-14(11-23-18)17-7-8-22-20(25-17)24-16-5-3-12-1-2-13(19(26)27)9-15(12)10-16/h1-2,4,6-9,11,16H,3,5,10H2,(H,26,27)(H,22,24,25). The molecular formula is C20H17ClN4O2. The zero-order valence-electron chi connectivity index (χ0n) is 14.4. The fourth-order valence-corrected chi connectivity index (χ4v) is 3.42. The molecule has 136 valence electrons. The highest BCUT2D eigenvalue weighted by molar-refractivity contribution is 6.29. The first-order chi connectivity index (χ1) is 13.1. The number of halogens is 1. The molecule has 2 aromatic heterocycles. The highest BCUT2D eigenvalue weighted by Gasteiger charge is 2.20. The molecule has 0 amide bonds. The number of hydrogen-bond acceptors (Lipinski definition) is 5. The van der Waals surface area contributed by atoms with Crippen molar-refractivity contribution in [2.24, 2.45) is 0 Å². The number of aromatic carboxylic acids is 1. The fraction of sp³-hybridized carbons (Fsp3) is 0.200. The number of carboxylic acid groups (broad SMARTS) is 1. The minimum Gasteiger partial charge on any atom is -0.478 e. The van der Waals surface area contributed by atoms with Crippen molar-refractivity contribution in [3.8, 4) is 11.3 Å². The van der Waals surface area contributed by atoms with E-state index in [1.54, 1.807) is 30.6 Å². The Kier molecular flexibility index (Phi) is 4.73. The zero-order chi connectivity index (χ0) is 18.8. The SMILES string of the molecule is O=C(O)c1ccc2c(c1)CC(Nc1nccc(-c3ccc(Cl)nc3)n1)CC2. The van der Waals surface area contributed by atoms with Gasteiger partial charge in [0.05, 0.1) is 11.3 Å². The van der Waals surface area contributed by atoms with Gasteiger partial charge in [0, 0.05) is 24.0 Å². The number of nitrogens with zero attached hydrogens (tertiary/aromatic N) is 3. The summed E-state index contributed by atoms with van der Waals surface area (Å²) in [4.78, 5) is 24.2. The van der Waals surface area contributed by atoms with Crippen LogP contribution in [-0.4, -0.2) is 32.1 Å². The molecule has 0 aliphatic heterocycles. The van der Waals surface area contributed by atoms with Gasteiger partial charge in [-0.15, -0.1) is 0 Å². The minimum absolute atomic E-state index is 0.153. The Bertz CT molecular complexity index is 992. The molecule has 1 aliphatic rings. The van der Waals surface area contributed by atoms with E-state index in [2.05, 4.69) is 20.3 Å². The summed E-state index contributed by atoms with van der Waals surface area (Å²) in [7, 11) is 0. The Morgan fingerprint density at radius 1 is 1.15 bits per heavy atom. The Labute approximate surface area is 161 Å². The molecule has 3 aromatic rings. The molecule has 0 radical (unpaired) electrons. The number of aryl methyl sites for hydroxylation is 1. The van der Waals surface area contributed by atoms with Crippen LogP contribution in [-0.2, 0) is 12.8 Å². The molecule has 0 fully saturated rings. The third kappa shape index (κ3) is 3.90. The van der Waals surface area contributed by atoms with Crippen molar-refractivity contribution in [3.05, 3.63) is 70.6 Å². The van der Waals surface area contributed by atoms with Crippen LogP contribution in [0.4, 0.5) is 5.95 Å². The molecule has 0 saturated heterocycles. The smallest absolute Gasteiger partial charge is 0.335 e. The fourth-order valence-electron chi connectivity index (χ4n) is 3.31. The quantitative estimate of drug-likeness (QED) is 0.668. The van der Waals surface area contributed by atoms with E-state index in [4.69, 9.17) is 11.6 Å². The van der Waals surface area contributed by atoms with Crippen LogP contribution < -0.4 is 5.32 Å². The van der Waals surface area contributed by atoms with Gasteiger partial charge in [-0.2, -0.15) is 0 Å². The molecule has 0 bridgehead atoms. The summed E-state index contributed by atoms with van der Waals surface area (Å²) in [5.41, 5.74) is 4.23. The van der Waals surface area contributed by atoms with Gasteiger partial charge in [0.25, 0.3) is 0 Å². The van der Waals surface area contributed by atoms with Crippen molar-refractivity contribution in [2.75, 3.05) is 5.32 Å². The molecule has 1 aliphatic carbocycles. The van der Waals surface area contributed by atoms with E-state index >= 15 is 0 Å². The maximum atomic E-state index is 11.2. The number of carbonyl (C=O) groups is 1. The summed E-state index contributed by atoms with van der Waals surface area (Å²) in [6.45, 7) is 0. The van der Waals surface area contributed by atoms with Crippen LogP contribution in [0, 0.1) is 0 Å². The third-order valence-electron chi connectivity index (χ3n) is 4.69. The molecule has 6 nitrogen and oxygen atoms in total. The second-order valence-electron chi connectivity index (χ2n) is 6.51. The Balaban J connectivity index is 1.52. The average Bonchev–Trinajstić information content (AvgIpc) is 2.68. The number of benzene rings is 1. The van der Waals surface area contributed by atoms with E-state index in [1.165, 1.54) is 5.56 Å². The highest BCUT2D eigenvalue weighted by Crippen LogP contribution is 2.25. The Hall–Kier alpha value is -2.99. The number of aromatic nitrogens is 3. The maximum Gasteiger partial charge on any atom is 0.335 e. The number of nitrogens with one attached hydrogen (secondary N) is 1. The van der Waals surface area contributed by atoms with E-state index in [1.807, 2.05) is 18.2 Å². The van der Waals surface area contributed by atoms with Crippen molar-refractivity contribution >= 4 is 23.5 Å². The van der Waals surface area contributed by atoms with Crippen LogP contribution >= 0.6 is 11.6 Å². The van der Waals surface area contributed by atoms with E-state index in [-0.39, 0.29) is 6.04 Å². The van der Waals surface area contributed by atoms with Crippen molar-refractivity contribution in [1.29, 1.82) is 0 Å². The minimum atomic E-state index is -0.902. The lowest BCUT2D eigenvalue weighted by Crippen LogP contribution is -2.28. The number of hydrogen-bond donors (Lipinski definition) is 2. The number of anilines is 1. The zero-order valence-corrected chi connectivity index (χ0v) is 15.1. The summed E-state index contributed by atoms with van der Waals surface area (Å²) < 4.78 is 0. The predicted molar refractivity (Wildman–Crippen MR) is 103 cm³/mol. The number of carboxylic acids is 1. The summed E-state index contributed by atoms with van der Waals surface area (Å²) >= 11 is 5.84. The molecule has 1 atom stereocenters. The highest BCUT2D eigenvalue weighted by atomic mass is 35.5. The second kappa shape index (κ2) is 7.32. The predicted octanol–water partition coefficient (Wildman–Crippen LogP) is 3.86. The normalized spacial score (nSPS) is 15.8. The van der Waals surface area contributed by atoms with E-state index in [9.17, 15) is 9.90 Å². The van der Waals surface area contributed by atoms with Crippen molar-refractivity contribution in [1.82, 2.24) is 15.0 Å². The molecule has 0 spiro atoms. The van der Waals surface area contributed by atoms with Crippen LogP contribution in [0.15, 0.2) is 48.8 Å². The molecule has 1 unspecified atom stereocenters. The first-order valence-electron chi connectivity index (χ1n) is 8.65. The van der Waals surface area contributed by atoms with E-state index in [0.29, 0.717) is 16.7 Å². The molecule has 27 heavy (non-hydrogen) atoms. The topological polar surface area (TPSA) is 88.0 Å². The van der Waals surface area contributed by atoms with Crippen molar-refractivity contribution < 1.29 is 9.90 Å². The van der Waals surface area contributed by atoms with Gasteiger partial charge in [-0.05, 0) is 60.7 Å². The summed E-state index contributed by atoms with van der Waals surface area (Å²) in [6, 6.07) is 10.9. The van der Waals surface area contributed by atoms with E-state index in [0.717, 1.165) is 36.1 Å². The summed E-state index contributed by atoms with van der Waals surface area (Å²) in [5.74, 6) is -0.356. The van der Waals surface area contributed by atoms with Gasteiger partial charge in [0.15, 0.2) is 0 Å². The van der Waals surface area contributed by atoms with Gasteiger partial charge >= 0.3 is 5.97 Å². The van der Waals surface area contributed by atoms with Gasteiger partial charge in [0.2, 0.25) is 5.95 Å². The lowest BCUT2D eigenvalue weighted by molar-refractivity contribution is 0.0696. The molecule has 2 N–H and O–H groups in total. The lowest BCUT2D eigenvalue weighted by Gasteiger charge is -2.26. The first-order valence-corrected chi connectivity index (χ1v) is 9.03. The van der Waals surface area contributed by atoms with Crippen molar-refractivity contribution in [2.45, 2.75) is 25.3 Å². The Morgan fingerprint density at radius 3 is 2.81 bits per heavy atom. The van der Waals surface area contributed by atoms with Crippen LogP contribution in [0.1, 0.15) is 27.9 Å². The van der Waals surface area contributed by atoms with Crippen molar-refractivity contribution in [3.63, 3.8) is 0 Å². The summed E-state index contributed by atoms with van der Waals surface area (Å²) in [6.07, 6.45) is 5.97. The van der Waals surface area contributed by atoms with Crippen LogP contribution in [0.3, 0.4) is 0 Å². The molecular weight excluding hydrogens is 364 g/mol. The number of fused-ring (bicyclic) bond motifs is 1. The largest absolute Gasteiger partial charge is 0.478 e. The van der Waals surface area contributed by atoms with Crippen LogP contribution in [0.5, 0.6) is 0 Å². The summed E-state index contributed by atoms with van der Waals surface area (Å²) in [5, 5.41) is 13.0. The van der Waals surface area contributed by atoms with Crippen LogP contribution in [0.2, 0.25) is 5.15 Å². The Morgan fingerprint density at radius 2 is 2.04 bits per heavy atom. The molecule has 4 rings (SSSR count). The van der Waals surface area contributed by atoms with Gasteiger partial charge in [-0.1, -0.05) is 17.7 Å². The molecule has 0 saturated carbocycles. The second-order valence-corrected chi connectivity index (χ2v) is 6.90. The van der Waals surface area contributed by atoms with Gasteiger partial charge in [-0.3, -0.25) is 0 Å². The van der Waals surface area contributed by atoms with Gasteiger partial charge in [-0.25, -0.2) is 19.7 Å². The number of pyridine rings is 1. The van der Waals surface area contributed by atoms with E-state index < -0.39 is 5.97 Å².